The van der Waals surface area contributed by atoms with Crippen molar-refractivity contribution in [1.82, 2.24) is 5.32 Å². The van der Waals surface area contributed by atoms with E-state index in [2.05, 4.69) is 12.2 Å². The van der Waals surface area contributed by atoms with Crippen molar-refractivity contribution in [3.63, 3.8) is 0 Å². The molecule has 0 amide bonds. The number of carbonyl (C=O) groups excluding carboxylic acids is 1. The Morgan fingerprint density at radius 2 is 1.94 bits per heavy atom. The highest BCUT2D eigenvalue weighted by Crippen LogP contribution is 2.41. The van der Waals surface area contributed by atoms with E-state index in [9.17, 15) is 4.79 Å². The largest absolute Gasteiger partial charge is 0.468 e. The van der Waals surface area contributed by atoms with Crippen LogP contribution in [0.5, 0.6) is 0 Å². The highest BCUT2D eigenvalue weighted by molar-refractivity contribution is 5.82. The van der Waals surface area contributed by atoms with Crippen LogP contribution in [0.1, 0.15) is 47.0 Å². The minimum atomic E-state index is -0.657. The standard InChI is InChI=1S/C14H27NO3/c1-6-13(3,4)18-10-14(15-7-2,11-8-9-11)12(16)17-5/h11,15H,6-10H2,1-5H3. The Balaban J connectivity index is 2.79. The lowest BCUT2D eigenvalue weighted by Crippen LogP contribution is -2.59. The first-order valence-corrected chi connectivity index (χ1v) is 6.89. The smallest absolute Gasteiger partial charge is 0.328 e. The van der Waals surface area contributed by atoms with Crippen molar-refractivity contribution < 1.29 is 14.3 Å². The molecule has 0 heterocycles. The summed E-state index contributed by atoms with van der Waals surface area (Å²) in [7, 11) is 1.45. The van der Waals surface area contributed by atoms with Crippen LogP contribution < -0.4 is 5.32 Å². The molecule has 1 rings (SSSR count). The van der Waals surface area contributed by atoms with Crippen molar-refractivity contribution in [2.75, 3.05) is 20.3 Å². The van der Waals surface area contributed by atoms with E-state index in [-0.39, 0.29) is 11.6 Å². The molecule has 1 fully saturated rings. The molecule has 1 aliphatic carbocycles. The molecule has 106 valence electrons. The van der Waals surface area contributed by atoms with Gasteiger partial charge >= 0.3 is 5.97 Å². The molecule has 1 unspecified atom stereocenters. The molecule has 0 aromatic heterocycles. The zero-order valence-corrected chi connectivity index (χ0v) is 12.3. The lowest BCUT2D eigenvalue weighted by atomic mass is 9.93. The van der Waals surface area contributed by atoms with Crippen LogP contribution in [0.2, 0.25) is 0 Å². The first-order valence-electron chi connectivity index (χ1n) is 6.89. The number of hydrogen-bond donors (Lipinski definition) is 1. The Kier molecular flexibility index (Phi) is 5.17. The molecule has 0 spiro atoms. The Morgan fingerprint density at radius 1 is 1.33 bits per heavy atom. The van der Waals surface area contributed by atoms with Crippen LogP contribution in [-0.4, -0.2) is 37.4 Å². The van der Waals surface area contributed by atoms with Gasteiger partial charge in [-0.25, -0.2) is 4.79 Å². The van der Waals surface area contributed by atoms with Crippen molar-refractivity contribution in [3.05, 3.63) is 0 Å². The molecule has 1 atom stereocenters. The van der Waals surface area contributed by atoms with E-state index in [1.54, 1.807) is 0 Å². The van der Waals surface area contributed by atoms with Crippen LogP contribution in [0.25, 0.3) is 0 Å². The quantitative estimate of drug-likeness (QED) is 0.677. The second-order valence-electron chi connectivity index (χ2n) is 5.67. The molecule has 0 aromatic carbocycles. The molecular formula is C14H27NO3. The summed E-state index contributed by atoms with van der Waals surface area (Å²) >= 11 is 0. The van der Waals surface area contributed by atoms with E-state index in [1.165, 1.54) is 7.11 Å². The molecule has 1 saturated carbocycles. The number of esters is 1. The topological polar surface area (TPSA) is 47.6 Å². The van der Waals surface area contributed by atoms with E-state index in [4.69, 9.17) is 9.47 Å². The summed E-state index contributed by atoms with van der Waals surface area (Å²) in [5.74, 6) is 0.149. The SMILES string of the molecule is CCNC(COC(C)(C)CC)(C(=O)OC)C1CC1. The minimum absolute atomic E-state index is 0.196. The zero-order valence-electron chi connectivity index (χ0n) is 12.3. The summed E-state index contributed by atoms with van der Waals surface area (Å²) in [5, 5.41) is 3.31. The Labute approximate surface area is 110 Å². The van der Waals surface area contributed by atoms with Gasteiger partial charge in [-0.3, -0.25) is 5.32 Å². The lowest BCUT2D eigenvalue weighted by molar-refractivity contribution is -0.156. The number of methoxy groups -OCH3 is 1. The average Bonchev–Trinajstić information content (AvgIpc) is 3.18. The molecule has 4 heteroatoms. The number of rotatable bonds is 8. The second kappa shape index (κ2) is 6.02. The number of hydrogen-bond acceptors (Lipinski definition) is 4. The summed E-state index contributed by atoms with van der Waals surface area (Å²) in [4.78, 5) is 12.1. The fraction of sp³-hybridized carbons (Fsp3) is 0.929. The normalized spacial score (nSPS) is 19.4. The van der Waals surface area contributed by atoms with Crippen LogP contribution in [0, 0.1) is 5.92 Å². The van der Waals surface area contributed by atoms with Crippen LogP contribution >= 0.6 is 0 Å². The summed E-state index contributed by atoms with van der Waals surface area (Å²) in [5.41, 5.74) is -0.862. The molecule has 1 N–H and O–H groups in total. The number of likely N-dealkylation sites (N-methyl/N-ethyl adjacent to an activating group) is 1. The number of ether oxygens (including phenoxy) is 2. The molecule has 0 bridgehead atoms. The Hall–Kier alpha value is -0.610. The van der Waals surface area contributed by atoms with E-state index in [1.807, 2.05) is 20.8 Å². The number of carbonyl (C=O) groups is 1. The Morgan fingerprint density at radius 3 is 2.33 bits per heavy atom. The van der Waals surface area contributed by atoms with Gasteiger partial charge in [0.25, 0.3) is 0 Å². The van der Waals surface area contributed by atoms with Gasteiger partial charge < -0.3 is 9.47 Å². The third-order valence-corrected chi connectivity index (χ3v) is 3.86. The zero-order chi connectivity index (χ0) is 13.8. The summed E-state index contributed by atoms with van der Waals surface area (Å²) in [6.45, 7) is 9.32. The van der Waals surface area contributed by atoms with Gasteiger partial charge in [-0.1, -0.05) is 13.8 Å². The monoisotopic (exact) mass is 257 g/mol. The molecule has 4 nitrogen and oxygen atoms in total. The molecular weight excluding hydrogens is 230 g/mol. The van der Waals surface area contributed by atoms with E-state index < -0.39 is 5.54 Å². The first kappa shape index (κ1) is 15.4. The molecule has 0 aliphatic heterocycles. The predicted molar refractivity (Wildman–Crippen MR) is 71.5 cm³/mol. The number of nitrogens with one attached hydrogen (secondary N) is 1. The van der Waals surface area contributed by atoms with Gasteiger partial charge in [0, 0.05) is 0 Å². The summed E-state index contributed by atoms with van der Waals surface area (Å²) in [6.07, 6.45) is 3.05. The van der Waals surface area contributed by atoms with E-state index in [0.29, 0.717) is 12.5 Å². The van der Waals surface area contributed by atoms with Gasteiger partial charge in [0.1, 0.15) is 5.54 Å². The van der Waals surface area contributed by atoms with Crippen molar-refractivity contribution >= 4 is 5.97 Å². The van der Waals surface area contributed by atoms with E-state index in [0.717, 1.165) is 25.8 Å². The lowest BCUT2D eigenvalue weighted by Gasteiger charge is -2.35. The van der Waals surface area contributed by atoms with Crippen molar-refractivity contribution in [2.45, 2.75) is 58.1 Å². The van der Waals surface area contributed by atoms with Gasteiger partial charge in [-0.05, 0) is 45.6 Å². The molecule has 0 saturated heterocycles. The minimum Gasteiger partial charge on any atom is -0.468 e. The van der Waals surface area contributed by atoms with Gasteiger partial charge in [0.05, 0.1) is 19.3 Å². The second-order valence-corrected chi connectivity index (χ2v) is 5.67. The average molecular weight is 257 g/mol. The van der Waals surface area contributed by atoms with Crippen molar-refractivity contribution in [2.24, 2.45) is 5.92 Å². The van der Waals surface area contributed by atoms with Crippen LogP contribution in [-0.2, 0) is 14.3 Å². The summed E-state index contributed by atoms with van der Waals surface area (Å²) in [6, 6.07) is 0. The maximum absolute atomic E-state index is 12.1. The van der Waals surface area contributed by atoms with E-state index >= 15 is 0 Å². The Bertz CT molecular complexity index is 287. The molecule has 0 aromatic rings. The molecule has 18 heavy (non-hydrogen) atoms. The molecule has 1 aliphatic rings. The maximum Gasteiger partial charge on any atom is 0.328 e. The predicted octanol–water partition coefficient (Wildman–Crippen LogP) is 2.12. The third-order valence-electron chi connectivity index (χ3n) is 3.86. The maximum atomic E-state index is 12.1. The van der Waals surface area contributed by atoms with Gasteiger partial charge in [0.2, 0.25) is 0 Å². The highest BCUT2D eigenvalue weighted by Gasteiger charge is 2.52. The first-order chi connectivity index (χ1) is 8.41. The molecule has 0 radical (unpaired) electrons. The van der Waals surface area contributed by atoms with Gasteiger partial charge in [-0.2, -0.15) is 0 Å². The van der Waals surface area contributed by atoms with Crippen molar-refractivity contribution in [3.8, 4) is 0 Å². The fourth-order valence-electron chi connectivity index (χ4n) is 2.10. The van der Waals surface area contributed by atoms with Crippen LogP contribution in [0.3, 0.4) is 0 Å². The van der Waals surface area contributed by atoms with Gasteiger partial charge in [0.15, 0.2) is 0 Å². The summed E-state index contributed by atoms with van der Waals surface area (Å²) < 4.78 is 10.9. The third kappa shape index (κ3) is 3.45. The van der Waals surface area contributed by atoms with Crippen LogP contribution in [0.4, 0.5) is 0 Å². The highest BCUT2D eigenvalue weighted by atomic mass is 16.5. The van der Waals surface area contributed by atoms with Crippen molar-refractivity contribution in [1.29, 1.82) is 0 Å². The van der Waals surface area contributed by atoms with Crippen LogP contribution in [0.15, 0.2) is 0 Å². The van der Waals surface area contributed by atoms with Gasteiger partial charge in [-0.15, -0.1) is 0 Å². The fourth-order valence-corrected chi connectivity index (χ4v) is 2.10.